The van der Waals surface area contributed by atoms with Crippen LogP contribution in [0.5, 0.6) is 0 Å². The number of carbonyl (C=O) groups excluding carboxylic acids is 1. The third-order valence-corrected chi connectivity index (χ3v) is 5.09. The van der Waals surface area contributed by atoms with Gasteiger partial charge < -0.3 is 14.3 Å². The first kappa shape index (κ1) is 16.7. The number of aromatic nitrogens is 3. The molecule has 1 amide bonds. The quantitative estimate of drug-likeness (QED) is 0.688. The van der Waals surface area contributed by atoms with Crippen LogP contribution in [0, 0.1) is 0 Å². The molecule has 1 saturated heterocycles. The number of carbonyl (C=O) groups is 1. The Kier molecular flexibility index (Phi) is 4.92. The van der Waals surface area contributed by atoms with E-state index >= 15 is 0 Å². The van der Waals surface area contributed by atoms with Crippen molar-refractivity contribution in [3.63, 3.8) is 0 Å². The molecule has 0 N–H and O–H groups in total. The first-order valence-corrected chi connectivity index (χ1v) is 9.53. The molecule has 1 fully saturated rings. The lowest BCUT2D eigenvalue weighted by Gasteiger charge is -2.35. The van der Waals surface area contributed by atoms with Gasteiger partial charge in [-0.2, -0.15) is 16.3 Å². The van der Waals surface area contributed by atoms with E-state index in [0.29, 0.717) is 37.6 Å². The fourth-order valence-corrected chi connectivity index (χ4v) is 3.60. The van der Waals surface area contributed by atoms with Crippen molar-refractivity contribution in [1.29, 1.82) is 0 Å². The van der Waals surface area contributed by atoms with Gasteiger partial charge in [-0.15, -0.1) is 0 Å². The highest BCUT2D eigenvalue weighted by atomic mass is 32.1. The van der Waals surface area contributed by atoms with Gasteiger partial charge in [0.25, 0.3) is 0 Å². The predicted octanol–water partition coefficient (Wildman–Crippen LogP) is 2.47. The van der Waals surface area contributed by atoms with Crippen molar-refractivity contribution in [2.75, 3.05) is 31.1 Å². The average molecular weight is 369 g/mol. The van der Waals surface area contributed by atoms with Gasteiger partial charge in [0.1, 0.15) is 5.82 Å². The van der Waals surface area contributed by atoms with Crippen LogP contribution in [-0.4, -0.2) is 52.1 Å². The molecule has 0 spiro atoms. The molecule has 4 heterocycles. The van der Waals surface area contributed by atoms with Gasteiger partial charge in [0, 0.05) is 56.2 Å². The van der Waals surface area contributed by atoms with Gasteiger partial charge in [-0.05, 0) is 23.6 Å². The Morgan fingerprint density at radius 2 is 2.08 bits per heavy atom. The molecular formula is C18H19N5O2S. The van der Waals surface area contributed by atoms with Crippen LogP contribution in [-0.2, 0) is 11.2 Å². The molecule has 134 valence electrons. The summed E-state index contributed by atoms with van der Waals surface area (Å²) in [6.07, 6.45) is 2.65. The largest absolute Gasteiger partial charge is 0.353 e. The fraction of sp³-hybridized carbons (Fsp3) is 0.333. The molecule has 3 aromatic heterocycles. The van der Waals surface area contributed by atoms with E-state index in [1.807, 2.05) is 39.9 Å². The van der Waals surface area contributed by atoms with Crippen LogP contribution in [0.4, 0.5) is 5.82 Å². The Bertz CT molecular complexity index is 842. The zero-order valence-corrected chi connectivity index (χ0v) is 15.1. The number of pyridine rings is 1. The van der Waals surface area contributed by atoms with Crippen molar-refractivity contribution < 1.29 is 9.32 Å². The van der Waals surface area contributed by atoms with Crippen LogP contribution in [0.2, 0.25) is 0 Å². The Morgan fingerprint density at radius 1 is 1.19 bits per heavy atom. The van der Waals surface area contributed by atoms with E-state index in [9.17, 15) is 4.79 Å². The standard InChI is InChI=1S/C18H19N5O2S/c24-17(5-4-16-20-18(21-25-16)14-6-12-26-13-14)23-10-8-22(9-11-23)15-3-1-2-7-19-15/h1-3,6-7,12-13H,4-5,8-11H2. The number of hydrogen-bond donors (Lipinski definition) is 0. The van der Waals surface area contributed by atoms with Crippen LogP contribution in [0.15, 0.2) is 45.7 Å². The summed E-state index contributed by atoms with van der Waals surface area (Å²) in [7, 11) is 0. The fourth-order valence-electron chi connectivity index (χ4n) is 2.96. The molecular weight excluding hydrogens is 350 g/mol. The molecule has 0 unspecified atom stereocenters. The molecule has 1 aliphatic heterocycles. The highest BCUT2D eigenvalue weighted by Crippen LogP contribution is 2.19. The van der Waals surface area contributed by atoms with Gasteiger partial charge in [0.2, 0.25) is 17.6 Å². The maximum absolute atomic E-state index is 12.5. The van der Waals surface area contributed by atoms with E-state index in [2.05, 4.69) is 20.0 Å². The number of hydrogen-bond acceptors (Lipinski definition) is 7. The highest BCUT2D eigenvalue weighted by Gasteiger charge is 2.22. The summed E-state index contributed by atoms with van der Waals surface area (Å²) in [5, 5.41) is 7.92. The summed E-state index contributed by atoms with van der Waals surface area (Å²) in [6.45, 7) is 3.01. The lowest BCUT2D eigenvalue weighted by molar-refractivity contribution is -0.131. The number of aryl methyl sites for hydroxylation is 1. The number of rotatable bonds is 5. The molecule has 0 aliphatic carbocycles. The molecule has 0 atom stereocenters. The Labute approximate surface area is 155 Å². The Hall–Kier alpha value is -2.74. The smallest absolute Gasteiger partial charge is 0.227 e. The highest BCUT2D eigenvalue weighted by molar-refractivity contribution is 7.08. The molecule has 7 nitrogen and oxygen atoms in total. The second-order valence-corrected chi connectivity index (χ2v) is 6.86. The number of nitrogens with zero attached hydrogens (tertiary/aromatic N) is 5. The normalized spacial score (nSPS) is 14.6. The van der Waals surface area contributed by atoms with E-state index in [-0.39, 0.29) is 5.91 Å². The number of anilines is 1. The molecule has 3 aromatic rings. The summed E-state index contributed by atoms with van der Waals surface area (Å²) >= 11 is 1.59. The minimum Gasteiger partial charge on any atom is -0.353 e. The van der Waals surface area contributed by atoms with E-state index < -0.39 is 0 Å². The van der Waals surface area contributed by atoms with Crippen LogP contribution >= 0.6 is 11.3 Å². The lowest BCUT2D eigenvalue weighted by atomic mass is 10.2. The van der Waals surface area contributed by atoms with Gasteiger partial charge in [0.05, 0.1) is 0 Å². The van der Waals surface area contributed by atoms with Gasteiger partial charge in [-0.3, -0.25) is 4.79 Å². The number of piperazine rings is 1. The van der Waals surface area contributed by atoms with Gasteiger partial charge in [0.15, 0.2) is 0 Å². The first-order chi connectivity index (χ1) is 12.8. The van der Waals surface area contributed by atoms with Crippen LogP contribution in [0.25, 0.3) is 11.4 Å². The Morgan fingerprint density at radius 3 is 2.81 bits per heavy atom. The van der Waals surface area contributed by atoms with E-state index in [1.165, 1.54) is 0 Å². The number of thiophene rings is 1. The zero-order chi connectivity index (χ0) is 17.8. The van der Waals surface area contributed by atoms with E-state index in [0.717, 1.165) is 24.5 Å². The second-order valence-electron chi connectivity index (χ2n) is 6.08. The van der Waals surface area contributed by atoms with E-state index in [1.54, 1.807) is 17.5 Å². The van der Waals surface area contributed by atoms with Crippen molar-refractivity contribution in [1.82, 2.24) is 20.0 Å². The van der Waals surface area contributed by atoms with Crippen molar-refractivity contribution in [2.24, 2.45) is 0 Å². The minimum atomic E-state index is 0.126. The third kappa shape index (κ3) is 3.75. The molecule has 8 heteroatoms. The molecule has 26 heavy (non-hydrogen) atoms. The molecule has 1 aliphatic rings. The first-order valence-electron chi connectivity index (χ1n) is 8.58. The van der Waals surface area contributed by atoms with Crippen molar-refractivity contribution in [3.8, 4) is 11.4 Å². The van der Waals surface area contributed by atoms with E-state index in [4.69, 9.17) is 4.52 Å². The topological polar surface area (TPSA) is 75.4 Å². The van der Waals surface area contributed by atoms with Gasteiger partial charge in [-0.25, -0.2) is 4.98 Å². The van der Waals surface area contributed by atoms with Gasteiger partial charge in [-0.1, -0.05) is 11.2 Å². The monoisotopic (exact) mass is 369 g/mol. The molecule has 0 aromatic carbocycles. The molecule has 4 rings (SSSR count). The summed E-state index contributed by atoms with van der Waals surface area (Å²) in [5.74, 6) is 2.18. The number of amides is 1. The summed E-state index contributed by atoms with van der Waals surface area (Å²) in [4.78, 5) is 25.3. The van der Waals surface area contributed by atoms with Crippen LogP contribution in [0.1, 0.15) is 12.3 Å². The van der Waals surface area contributed by atoms with Crippen molar-refractivity contribution in [3.05, 3.63) is 47.1 Å². The zero-order valence-electron chi connectivity index (χ0n) is 14.2. The predicted molar refractivity (Wildman–Crippen MR) is 99.0 cm³/mol. The Balaban J connectivity index is 1.27. The lowest BCUT2D eigenvalue weighted by Crippen LogP contribution is -2.49. The maximum atomic E-state index is 12.5. The minimum absolute atomic E-state index is 0.126. The van der Waals surface area contributed by atoms with Gasteiger partial charge >= 0.3 is 0 Å². The van der Waals surface area contributed by atoms with Crippen LogP contribution < -0.4 is 4.90 Å². The summed E-state index contributed by atoms with van der Waals surface area (Å²) in [6, 6.07) is 7.84. The summed E-state index contributed by atoms with van der Waals surface area (Å²) < 4.78 is 5.26. The van der Waals surface area contributed by atoms with Crippen molar-refractivity contribution in [2.45, 2.75) is 12.8 Å². The summed E-state index contributed by atoms with van der Waals surface area (Å²) in [5.41, 5.74) is 0.946. The molecule has 0 saturated carbocycles. The molecule has 0 bridgehead atoms. The second kappa shape index (κ2) is 7.65. The SMILES string of the molecule is O=C(CCc1nc(-c2ccsc2)no1)N1CCN(c2ccccn2)CC1. The maximum Gasteiger partial charge on any atom is 0.227 e. The third-order valence-electron chi connectivity index (χ3n) is 4.41. The molecule has 0 radical (unpaired) electrons. The average Bonchev–Trinajstić information content (AvgIpc) is 3.38. The van der Waals surface area contributed by atoms with Crippen molar-refractivity contribution >= 4 is 23.1 Å². The van der Waals surface area contributed by atoms with Crippen LogP contribution in [0.3, 0.4) is 0 Å².